The van der Waals surface area contributed by atoms with Gasteiger partial charge in [-0.2, -0.15) is 0 Å². The second kappa shape index (κ2) is 13.8. The summed E-state index contributed by atoms with van der Waals surface area (Å²) in [6.07, 6.45) is -6.91. The number of fused-ring (bicyclic) bond motifs is 1. The molecule has 44 heavy (non-hydrogen) atoms. The summed E-state index contributed by atoms with van der Waals surface area (Å²) >= 11 is 0. The molecule has 0 aliphatic carbocycles. The maximum Gasteiger partial charge on any atom is 0.360 e. The van der Waals surface area contributed by atoms with Crippen molar-refractivity contribution in [3.8, 4) is 5.75 Å². The van der Waals surface area contributed by atoms with Crippen LogP contribution < -0.4 is 15.7 Å². The highest BCUT2D eigenvalue weighted by molar-refractivity contribution is 6.04. The number of hydrogen-bond acceptors (Lipinski definition) is 13. The quantitative estimate of drug-likeness (QED) is 0.212. The van der Waals surface area contributed by atoms with Gasteiger partial charge in [-0.3, -0.25) is 24.0 Å². The minimum Gasteiger partial charge on any atom is -0.463 e. The molecule has 5 atom stereocenters. The van der Waals surface area contributed by atoms with Gasteiger partial charge in [0, 0.05) is 44.7 Å². The fourth-order valence-corrected chi connectivity index (χ4v) is 4.45. The maximum atomic E-state index is 12.7. The summed E-state index contributed by atoms with van der Waals surface area (Å²) in [4.78, 5) is 72.7. The lowest BCUT2D eigenvalue weighted by molar-refractivity contribution is -0.288. The summed E-state index contributed by atoms with van der Waals surface area (Å²) in [5.41, 5.74) is -0.484. The van der Waals surface area contributed by atoms with Crippen molar-refractivity contribution in [3.63, 3.8) is 0 Å². The molecule has 1 fully saturated rings. The van der Waals surface area contributed by atoms with Gasteiger partial charge in [0.05, 0.1) is 0 Å². The molecular formula is C30H29NO13. The van der Waals surface area contributed by atoms with Crippen LogP contribution in [0.4, 0.5) is 5.69 Å². The zero-order valence-corrected chi connectivity index (χ0v) is 24.1. The molecule has 1 N–H and O–H groups in total. The zero-order valence-electron chi connectivity index (χ0n) is 24.1. The third kappa shape index (κ3) is 7.98. The molecule has 3 aromatic rings. The first-order chi connectivity index (χ1) is 20.9. The Labute approximate surface area is 250 Å². The first-order valence-corrected chi connectivity index (χ1v) is 13.3. The van der Waals surface area contributed by atoms with Gasteiger partial charge in [-0.25, -0.2) is 4.79 Å². The van der Waals surface area contributed by atoms with Crippen LogP contribution in [-0.2, 0) is 42.9 Å². The Bertz CT molecular complexity index is 1620. The molecule has 2 aromatic carbocycles. The Morgan fingerprint density at radius 1 is 0.773 bits per heavy atom. The fraction of sp³-hybridized carbons (Fsp3) is 0.333. The van der Waals surface area contributed by atoms with Crippen molar-refractivity contribution in [1.29, 1.82) is 0 Å². The van der Waals surface area contributed by atoms with Gasteiger partial charge in [0.1, 0.15) is 29.7 Å². The number of nitrogens with one attached hydrogen (secondary N) is 1. The number of carbonyl (C=O) groups excluding carboxylic acids is 5. The van der Waals surface area contributed by atoms with Crippen LogP contribution in [0, 0.1) is 0 Å². The highest BCUT2D eigenvalue weighted by Crippen LogP contribution is 2.32. The van der Waals surface area contributed by atoms with Crippen LogP contribution in [0.5, 0.6) is 5.75 Å². The average molecular weight is 612 g/mol. The number of esters is 4. The molecule has 0 bridgehead atoms. The lowest BCUT2D eigenvalue weighted by atomic mass is 9.98. The smallest absolute Gasteiger partial charge is 0.360 e. The maximum absolute atomic E-state index is 12.7. The van der Waals surface area contributed by atoms with Crippen LogP contribution in [-0.4, -0.2) is 67.1 Å². The molecule has 0 spiro atoms. The zero-order chi connectivity index (χ0) is 32.0. The van der Waals surface area contributed by atoms with Gasteiger partial charge in [-0.1, -0.05) is 18.2 Å². The van der Waals surface area contributed by atoms with E-state index in [0.29, 0.717) is 10.9 Å². The number of benzene rings is 2. The number of hydrogen-bond donors (Lipinski definition) is 1. The summed E-state index contributed by atoms with van der Waals surface area (Å²) in [6.45, 7) is 4.04. The van der Waals surface area contributed by atoms with Crippen molar-refractivity contribution in [2.24, 2.45) is 0 Å². The van der Waals surface area contributed by atoms with Crippen molar-refractivity contribution in [1.82, 2.24) is 0 Å². The van der Waals surface area contributed by atoms with E-state index in [0.717, 1.165) is 27.7 Å². The molecule has 1 aliphatic rings. The summed E-state index contributed by atoms with van der Waals surface area (Å²) in [6, 6.07) is 14.1. The molecule has 14 nitrogen and oxygen atoms in total. The summed E-state index contributed by atoms with van der Waals surface area (Å²) in [7, 11) is 0. The fourth-order valence-electron chi connectivity index (χ4n) is 4.45. The normalized spacial score (nSPS) is 21.0. The first kappa shape index (κ1) is 31.7. The molecule has 0 saturated carbocycles. The Morgan fingerprint density at radius 3 is 2.05 bits per heavy atom. The number of ether oxygens (including phenoxy) is 6. The third-order valence-corrected chi connectivity index (χ3v) is 6.19. The SMILES string of the molecule is CC(=O)OC[C@H]1O[C@@H](Oc2ccc3cc(NC(=O)c4ccccc4)c(=O)oc3c2)[C@H](OC(C)=O)[C@@H](OC(C)=O)[C@H]1OC(C)=O. The Kier molecular flexibility index (Phi) is 9.95. The van der Waals surface area contributed by atoms with Crippen molar-refractivity contribution >= 4 is 46.4 Å². The van der Waals surface area contributed by atoms with Gasteiger partial charge in [0.15, 0.2) is 12.2 Å². The van der Waals surface area contributed by atoms with Gasteiger partial charge in [0.2, 0.25) is 12.4 Å². The predicted octanol–water partition coefficient (Wildman–Crippen LogP) is 2.51. The van der Waals surface area contributed by atoms with Gasteiger partial charge in [-0.05, 0) is 30.3 Å². The summed E-state index contributed by atoms with van der Waals surface area (Å²) in [5.74, 6) is -3.45. The van der Waals surface area contributed by atoms with Crippen molar-refractivity contribution in [3.05, 3.63) is 70.6 Å². The second-order valence-electron chi connectivity index (χ2n) is 9.65. The van der Waals surface area contributed by atoms with Crippen LogP contribution in [0.1, 0.15) is 38.1 Å². The molecule has 1 saturated heterocycles. The highest BCUT2D eigenvalue weighted by Gasteiger charge is 2.53. The van der Waals surface area contributed by atoms with Crippen LogP contribution in [0.25, 0.3) is 11.0 Å². The summed E-state index contributed by atoms with van der Waals surface area (Å²) in [5, 5.41) is 2.96. The second-order valence-corrected chi connectivity index (χ2v) is 9.65. The molecule has 2 heterocycles. The van der Waals surface area contributed by atoms with Crippen molar-refractivity contribution in [2.75, 3.05) is 11.9 Å². The minimum absolute atomic E-state index is 0.0719. The van der Waals surface area contributed by atoms with E-state index in [9.17, 15) is 28.8 Å². The lowest BCUT2D eigenvalue weighted by Gasteiger charge is -2.43. The topological polar surface area (TPSA) is 183 Å². The lowest BCUT2D eigenvalue weighted by Crippen LogP contribution is -2.63. The van der Waals surface area contributed by atoms with Crippen LogP contribution in [0.15, 0.2) is 63.8 Å². The molecule has 232 valence electrons. The molecule has 4 rings (SSSR count). The molecule has 14 heteroatoms. The molecule has 1 amide bonds. The van der Waals surface area contributed by atoms with E-state index in [2.05, 4.69) is 5.32 Å². The number of rotatable bonds is 9. The van der Waals surface area contributed by atoms with E-state index < -0.39 is 72.7 Å². The number of anilines is 1. The van der Waals surface area contributed by atoms with Crippen LogP contribution in [0.2, 0.25) is 0 Å². The molecule has 1 aromatic heterocycles. The standard InChI is InChI=1S/C30H29NO13/c1-15(32)38-14-24-25(39-16(2)33)26(40-17(3)34)27(41-18(4)35)30(44-24)42-21-11-10-20-12-22(29(37)43-23(20)13-21)31-28(36)19-8-6-5-7-9-19/h5-13,24-27,30H,14H2,1-4H3,(H,31,36)/t24-,25+,26+,27-,30-/m1/s1. The Hall–Kier alpha value is -5.24. The monoisotopic (exact) mass is 611 g/mol. The Morgan fingerprint density at radius 2 is 1.41 bits per heavy atom. The summed E-state index contributed by atoms with van der Waals surface area (Å²) < 4.78 is 38.5. The highest BCUT2D eigenvalue weighted by atomic mass is 16.7. The van der Waals surface area contributed by atoms with E-state index >= 15 is 0 Å². The van der Waals surface area contributed by atoms with Crippen molar-refractivity contribution in [2.45, 2.75) is 58.4 Å². The average Bonchev–Trinajstić information content (AvgIpc) is 2.95. The minimum atomic E-state index is -1.48. The van der Waals surface area contributed by atoms with E-state index in [1.165, 1.54) is 24.3 Å². The predicted molar refractivity (Wildman–Crippen MR) is 149 cm³/mol. The molecule has 0 unspecified atom stereocenters. The first-order valence-electron chi connectivity index (χ1n) is 13.3. The molecular weight excluding hydrogens is 582 g/mol. The van der Waals surface area contributed by atoms with Gasteiger partial charge >= 0.3 is 29.5 Å². The van der Waals surface area contributed by atoms with Crippen molar-refractivity contribution < 1.29 is 56.8 Å². The van der Waals surface area contributed by atoms with E-state index in [4.69, 9.17) is 32.8 Å². The van der Waals surface area contributed by atoms with Gasteiger partial charge in [-0.15, -0.1) is 0 Å². The molecule has 1 aliphatic heterocycles. The number of carbonyl (C=O) groups is 5. The van der Waals surface area contributed by atoms with Gasteiger partial charge < -0.3 is 38.2 Å². The number of amides is 1. The third-order valence-electron chi connectivity index (χ3n) is 6.19. The Balaban J connectivity index is 1.65. The van der Waals surface area contributed by atoms with Gasteiger partial charge in [0.25, 0.3) is 5.91 Å². The van der Waals surface area contributed by atoms with E-state index in [-0.39, 0.29) is 17.0 Å². The van der Waals surface area contributed by atoms with Crippen LogP contribution in [0.3, 0.4) is 0 Å². The van der Waals surface area contributed by atoms with E-state index in [1.807, 2.05) is 0 Å². The van der Waals surface area contributed by atoms with E-state index in [1.54, 1.807) is 30.3 Å². The molecule has 0 radical (unpaired) electrons. The largest absolute Gasteiger partial charge is 0.463 e. The van der Waals surface area contributed by atoms with Crippen LogP contribution >= 0.6 is 0 Å².